The van der Waals surface area contributed by atoms with Gasteiger partial charge in [-0.05, 0) is 149 Å². The maximum atomic E-state index is 5.50. The molecule has 1 nitrogen and oxygen atoms in total. The highest BCUT2D eigenvalue weighted by Crippen LogP contribution is 2.63. The second-order valence-corrected chi connectivity index (χ2v) is 20.7. The summed E-state index contributed by atoms with van der Waals surface area (Å²) >= 11 is 0. The minimum absolute atomic E-state index is 0.114. The summed E-state index contributed by atoms with van der Waals surface area (Å²) in [6, 6.07) is 101. The van der Waals surface area contributed by atoms with Gasteiger partial charge in [0.25, 0.3) is 0 Å². The summed E-state index contributed by atoms with van der Waals surface area (Å²) in [4.78, 5) is 0. The van der Waals surface area contributed by atoms with Gasteiger partial charge in [-0.25, -0.2) is 0 Å². The topological polar surface area (TPSA) is 23.9 Å². The molecule has 0 aromatic heterocycles. The van der Waals surface area contributed by atoms with Crippen molar-refractivity contribution in [1.82, 2.24) is 0 Å². The maximum Gasteiger partial charge on any atom is 0.0719 e. The third-order valence-corrected chi connectivity index (χ3v) is 16.5. The first-order valence-corrected chi connectivity index (χ1v) is 26.2. The van der Waals surface area contributed by atoms with E-state index in [1.54, 1.807) is 0 Å². The van der Waals surface area contributed by atoms with Crippen molar-refractivity contribution in [2.75, 3.05) is 0 Å². The molecular formula is C74H59N. The Bertz CT molecular complexity index is 3760. The largest absolute Gasteiger partial charge is 0.317 e. The van der Waals surface area contributed by atoms with E-state index in [1.807, 2.05) is 6.07 Å². The lowest BCUT2D eigenvalue weighted by Gasteiger charge is -2.46. The van der Waals surface area contributed by atoms with E-state index >= 15 is 0 Å². The summed E-state index contributed by atoms with van der Waals surface area (Å²) in [5.74, 6) is 0. The predicted octanol–water partition coefficient (Wildman–Crippen LogP) is 18.2. The fourth-order valence-corrected chi connectivity index (χ4v) is 13.2. The number of nitrogens with one attached hydrogen (secondary N) is 1. The molecule has 0 saturated heterocycles. The molecule has 75 heavy (non-hydrogen) atoms. The van der Waals surface area contributed by atoms with Gasteiger partial charge in [0.2, 0.25) is 0 Å². The van der Waals surface area contributed by atoms with Crippen molar-refractivity contribution < 1.29 is 0 Å². The molecule has 11 aromatic rings. The highest BCUT2D eigenvalue weighted by molar-refractivity contribution is 5.93. The Morgan fingerprint density at radius 2 is 0.733 bits per heavy atom. The molecule has 0 fully saturated rings. The molecule has 0 radical (unpaired) electrons. The molecule has 0 heterocycles. The van der Waals surface area contributed by atoms with Crippen LogP contribution >= 0.6 is 0 Å². The SMILES string of the molecule is C=N.Cc1cccc2c1-c1cc(-c3ccc4c(c3)C(c3ccccc3)(c3ccccc3)c3ccccc3-4)ccc1C21c2ccccc2C(C)(C)c2ccccc21.c1ccc(Cc2ccc(-c3ccccc3)cc2)cc1. The van der Waals surface area contributed by atoms with Gasteiger partial charge in [-0.2, -0.15) is 0 Å². The monoisotopic (exact) mass is 961 g/mol. The zero-order valence-electron chi connectivity index (χ0n) is 42.9. The van der Waals surface area contributed by atoms with Crippen molar-refractivity contribution in [3.05, 3.63) is 345 Å². The minimum Gasteiger partial charge on any atom is -0.317 e. The standard InChI is InChI=1S/C54H40.C19H16.CH3N/c1-35-17-16-28-49-51(35)42-33-36(30-32-44(42)54(49)47-26-14-12-24-45(47)52(2,3)46-25-13-15-27-48(46)54)37-29-31-41-40-22-10-11-23-43(40)53(50(41)34-37,38-18-6-4-7-19-38)39-20-8-5-9-21-39;1-3-7-16(8-4-1)15-17-11-13-19(14-12-17)18-9-5-2-6-10-18;1-2/h4-34H,1-3H3;1-14H,15H2;2H,1H2. The summed E-state index contributed by atoms with van der Waals surface area (Å²) in [6.07, 6.45) is 0.996. The quantitative estimate of drug-likeness (QED) is 0.161. The molecule has 0 bridgehead atoms. The molecule has 1 N–H and O–H groups in total. The third-order valence-electron chi connectivity index (χ3n) is 16.5. The molecule has 1 spiro atoms. The maximum absolute atomic E-state index is 5.50. The Morgan fingerprint density at radius 1 is 0.307 bits per heavy atom. The van der Waals surface area contributed by atoms with Crippen LogP contribution in [0.25, 0.3) is 44.5 Å². The normalized spacial score (nSPS) is 14.0. The van der Waals surface area contributed by atoms with Crippen LogP contribution in [0.1, 0.15) is 86.2 Å². The Balaban J connectivity index is 0.000000227. The molecule has 11 aromatic carbocycles. The third kappa shape index (κ3) is 7.48. The molecule has 0 atom stereocenters. The second-order valence-electron chi connectivity index (χ2n) is 20.7. The van der Waals surface area contributed by atoms with Gasteiger partial charge in [-0.3, -0.25) is 0 Å². The van der Waals surface area contributed by atoms with E-state index in [0.29, 0.717) is 0 Å². The fraction of sp³-hybridized carbons (Fsp3) is 0.0946. The van der Waals surface area contributed by atoms with E-state index in [4.69, 9.17) is 5.41 Å². The molecule has 0 amide bonds. The van der Waals surface area contributed by atoms with Crippen molar-refractivity contribution in [3.63, 3.8) is 0 Å². The van der Waals surface area contributed by atoms with Gasteiger partial charge in [0.05, 0.1) is 10.8 Å². The van der Waals surface area contributed by atoms with E-state index in [9.17, 15) is 0 Å². The molecule has 1 heteroatoms. The zero-order valence-corrected chi connectivity index (χ0v) is 42.9. The lowest BCUT2D eigenvalue weighted by Crippen LogP contribution is -2.40. The van der Waals surface area contributed by atoms with Gasteiger partial charge in [-0.15, -0.1) is 0 Å². The summed E-state index contributed by atoms with van der Waals surface area (Å²) in [6.45, 7) is 9.58. The number of aryl methyl sites for hydroxylation is 1. The molecule has 3 aliphatic carbocycles. The average Bonchev–Trinajstić information content (AvgIpc) is 3.97. The van der Waals surface area contributed by atoms with E-state index in [-0.39, 0.29) is 5.41 Å². The molecule has 360 valence electrons. The van der Waals surface area contributed by atoms with Gasteiger partial charge in [0, 0.05) is 5.41 Å². The van der Waals surface area contributed by atoms with Gasteiger partial charge >= 0.3 is 0 Å². The van der Waals surface area contributed by atoms with Crippen LogP contribution < -0.4 is 0 Å². The minimum atomic E-state index is -0.434. The van der Waals surface area contributed by atoms with Crippen LogP contribution in [0.3, 0.4) is 0 Å². The van der Waals surface area contributed by atoms with E-state index in [1.165, 1.54) is 117 Å². The zero-order chi connectivity index (χ0) is 51.2. The molecular weight excluding hydrogens is 903 g/mol. The number of hydrogen-bond acceptors (Lipinski definition) is 1. The summed E-state index contributed by atoms with van der Waals surface area (Å²) < 4.78 is 0. The van der Waals surface area contributed by atoms with Crippen LogP contribution in [0.4, 0.5) is 0 Å². The van der Waals surface area contributed by atoms with Gasteiger partial charge in [0.15, 0.2) is 0 Å². The van der Waals surface area contributed by atoms with E-state index in [0.717, 1.165) is 6.42 Å². The van der Waals surface area contributed by atoms with Crippen molar-refractivity contribution in [3.8, 4) is 44.5 Å². The van der Waals surface area contributed by atoms with Gasteiger partial charge in [-0.1, -0.05) is 275 Å². The molecule has 0 saturated carbocycles. The fourth-order valence-electron chi connectivity index (χ4n) is 13.2. The lowest BCUT2D eigenvalue weighted by molar-refractivity contribution is 0.563. The highest BCUT2D eigenvalue weighted by atomic mass is 14.5. The number of rotatable bonds is 6. The van der Waals surface area contributed by atoms with Crippen LogP contribution in [-0.2, 0) is 22.7 Å². The first kappa shape index (κ1) is 47.1. The number of benzene rings is 11. The van der Waals surface area contributed by atoms with Gasteiger partial charge < -0.3 is 5.41 Å². The van der Waals surface area contributed by atoms with Gasteiger partial charge in [0.1, 0.15) is 0 Å². The summed E-state index contributed by atoms with van der Waals surface area (Å²) in [5, 5.41) is 5.50. The first-order valence-electron chi connectivity index (χ1n) is 26.2. The van der Waals surface area contributed by atoms with Crippen LogP contribution in [-0.4, -0.2) is 6.72 Å². The van der Waals surface area contributed by atoms with Crippen LogP contribution in [0.5, 0.6) is 0 Å². The summed E-state index contributed by atoms with van der Waals surface area (Å²) in [7, 11) is 0. The number of fused-ring (bicyclic) bond motifs is 12. The van der Waals surface area contributed by atoms with Crippen LogP contribution in [0.2, 0.25) is 0 Å². The molecule has 0 aliphatic heterocycles. The first-order chi connectivity index (χ1) is 36.9. The second kappa shape index (κ2) is 19.2. The van der Waals surface area contributed by atoms with Crippen molar-refractivity contribution >= 4 is 6.72 Å². The van der Waals surface area contributed by atoms with Crippen molar-refractivity contribution in [2.45, 2.75) is 43.4 Å². The van der Waals surface area contributed by atoms with Crippen LogP contribution in [0.15, 0.2) is 273 Å². The molecule has 14 rings (SSSR count). The van der Waals surface area contributed by atoms with Crippen molar-refractivity contribution in [2.24, 2.45) is 0 Å². The van der Waals surface area contributed by atoms with Crippen LogP contribution in [0, 0.1) is 12.3 Å². The molecule has 0 unspecified atom stereocenters. The Labute approximate surface area is 443 Å². The van der Waals surface area contributed by atoms with E-state index in [2.05, 4.69) is 294 Å². The average molecular weight is 962 g/mol. The Kier molecular flexibility index (Phi) is 12.0. The predicted molar refractivity (Wildman–Crippen MR) is 314 cm³/mol. The van der Waals surface area contributed by atoms with Crippen molar-refractivity contribution in [1.29, 1.82) is 5.41 Å². The summed E-state index contributed by atoms with van der Waals surface area (Å²) in [5.41, 5.74) is 27.1. The number of hydrogen-bond donors (Lipinski definition) is 1. The smallest absolute Gasteiger partial charge is 0.0719 e. The molecule has 3 aliphatic rings. The highest BCUT2D eigenvalue weighted by Gasteiger charge is 2.53. The Hall–Kier alpha value is -8.91. The van der Waals surface area contributed by atoms with E-state index < -0.39 is 10.8 Å². The Morgan fingerprint density at radius 3 is 1.35 bits per heavy atom. The lowest BCUT2D eigenvalue weighted by atomic mass is 9.55.